The molecule has 0 bridgehead atoms. The summed E-state index contributed by atoms with van der Waals surface area (Å²) in [6.45, 7) is 9.02. The number of amides is 1. The van der Waals surface area contributed by atoms with Gasteiger partial charge < -0.3 is 10.1 Å². The van der Waals surface area contributed by atoms with Crippen molar-refractivity contribution < 1.29 is 22.7 Å². The molecule has 2 aromatic carbocycles. The summed E-state index contributed by atoms with van der Waals surface area (Å²) in [5, 5.41) is 2.75. The number of ether oxygens (including phenoxy) is 1. The molecule has 1 amide bonds. The fourth-order valence-electron chi connectivity index (χ4n) is 2.89. The minimum Gasteiger partial charge on any atom is -0.452 e. The predicted molar refractivity (Wildman–Crippen MR) is 121 cm³/mol. The second kappa shape index (κ2) is 10.4. The van der Waals surface area contributed by atoms with E-state index in [4.69, 9.17) is 4.74 Å². The zero-order chi connectivity index (χ0) is 23.2. The molecule has 0 fully saturated rings. The first-order chi connectivity index (χ1) is 14.6. The molecule has 0 spiro atoms. The topological polar surface area (TPSA) is 92.8 Å². The number of carbonyl (C=O) groups is 2. The van der Waals surface area contributed by atoms with Gasteiger partial charge in [0.15, 0.2) is 6.61 Å². The third-order valence-corrected chi connectivity index (χ3v) is 7.09. The molecule has 2 aromatic rings. The number of aryl methyl sites for hydroxylation is 1. The first-order valence-corrected chi connectivity index (χ1v) is 11.7. The molecule has 0 heterocycles. The van der Waals surface area contributed by atoms with Crippen molar-refractivity contribution in [3.05, 3.63) is 59.7 Å². The van der Waals surface area contributed by atoms with Gasteiger partial charge >= 0.3 is 5.97 Å². The van der Waals surface area contributed by atoms with E-state index >= 15 is 0 Å². The molecule has 2 rings (SSSR count). The van der Waals surface area contributed by atoms with Crippen LogP contribution in [0.25, 0.3) is 0 Å². The van der Waals surface area contributed by atoms with Crippen LogP contribution in [0.5, 0.6) is 0 Å². The third kappa shape index (κ3) is 6.07. The van der Waals surface area contributed by atoms with Gasteiger partial charge in [-0.05, 0) is 56.5 Å². The van der Waals surface area contributed by atoms with E-state index < -0.39 is 28.5 Å². The Morgan fingerprint density at radius 2 is 1.71 bits per heavy atom. The summed E-state index contributed by atoms with van der Waals surface area (Å²) in [5.41, 5.74) is 1.11. The molecule has 0 saturated carbocycles. The van der Waals surface area contributed by atoms with Crippen LogP contribution in [0.4, 0.5) is 5.69 Å². The maximum Gasteiger partial charge on any atom is 0.338 e. The number of hydrogen-bond donors (Lipinski definition) is 1. The van der Waals surface area contributed by atoms with Gasteiger partial charge in [-0.2, -0.15) is 0 Å². The number of carbonyl (C=O) groups excluding carboxylic acids is 2. The normalized spacial score (nSPS) is 12.3. The van der Waals surface area contributed by atoms with E-state index in [2.05, 4.69) is 5.32 Å². The summed E-state index contributed by atoms with van der Waals surface area (Å²) in [6.07, 6.45) is 0. The van der Waals surface area contributed by atoms with Crippen LogP contribution < -0.4 is 9.62 Å². The van der Waals surface area contributed by atoms with Crippen LogP contribution in [-0.4, -0.2) is 39.5 Å². The summed E-state index contributed by atoms with van der Waals surface area (Å²) in [4.78, 5) is 24.4. The molecule has 168 valence electrons. The van der Waals surface area contributed by atoms with Crippen LogP contribution >= 0.6 is 0 Å². The lowest BCUT2D eigenvalue weighted by atomic mass is 10.1. The lowest BCUT2D eigenvalue weighted by Crippen LogP contribution is -2.38. The zero-order valence-electron chi connectivity index (χ0n) is 18.6. The average Bonchev–Trinajstić information content (AvgIpc) is 2.73. The highest BCUT2D eigenvalue weighted by atomic mass is 32.2. The molecule has 1 atom stereocenters. The van der Waals surface area contributed by atoms with Crippen LogP contribution in [-0.2, 0) is 19.6 Å². The van der Waals surface area contributed by atoms with E-state index in [-0.39, 0.29) is 29.0 Å². The van der Waals surface area contributed by atoms with Gasteiger partial charge in [0, 0.05) is 12.6 Å². The molecule has 8 heteroatoms. The van der Waals surface area contributed by atoms with Gasteiger partial charge in [0.05, 0.1) is 16.1 Å². The van der Waals surface area contributed by atoms with Crippen LogP contribution in [0.15, 0.2) is 53.4 Å². The van der Waals surface area contributed by atoms with Crippen molar-refractivity contribution in [3.63, 3.8) is 0 Å². The lowest BCUT2D eigenvalue weighted by Gasteiger charge is -2.24. The van der Waals surface area contributed by atoms with Gasteiger partial charge in [0.25, 0.3) is 15.9 Å². The molecule has 0 aromatic heterocycles. The van der Waals surface area contributed by atoms with Crippen molar-refractivity contribution in [1.29, 1.82) is 0 Å². The first-order valence-electron chi connectivity index (χ1n) is 10.2. The van der Waals surface area contributed by atoms with E-state index in [0.29, 0.717) is 11.3 Å². The molecular weight excluding hydrogens is 416 g/mol. The highest BCUT2D eigenvalue weighted by Gasteiger charge is 2.26. The number of esters is 1. The molecule has 0 aliphatic rings. The minimum absolute atomic E-state index is 0.0190. The van der Waals surface area contributed by atoms with Gasteiger partial charge in [-0.1, -0.05) is 38.1 Å². The van der Waals surface area contributed by atoms with Crippen molar-refractivity contribution in [2.24, 2.45) is 5.92 Å². The highest BCUT2D eigenvalue weighted by Crippen LogP contribution is 2.26. The number of benzene rings is 2. The van der Waals surface area contributed by atoms with Crippen molar-refractivity contribution >= 4 is 27.6 Å². The van der Waals surface area contributed by atoms with Crippen LogP contribution in [0.2, 0.25) is 0 Å². The Morgan fingerprint density at radius 1 is 1.06 bits per heavy atom. The Morgan fingerprint density at radius 3 is 2.29 bits per heavy atom. The first kappa shape index (κ1) is 24.4. The number of sulfonamides is 1. The Labute approximate surface area is 184 Å². The van der Waals surface area contributed by atoms with Crippen LogP contribution in [0.1, 0.15) is 43.6 Å². The van der Waals surface area contributed by atoms with Crippen molar-refractivity contribution in [3.8, 4) is 0 Å². The molecule has 0 unspecified atom stereocenters. The zero-order valence-corrected chi connectivity index (χ0v) is 19.4. The molecule has 0 aliphatic heterocycles. The van der Waals surface area contributed by atoms with Gasteiger partial charge in [0.2, 0.25) is 0 Å². The van der Waals surface area contributed by atoms with Crippen molar-refractivity contribution in [1.82, 2.24) is 5.32 Å². The van der Waals surface area contributed by atoms with Gasteiger partial charge in [-0.25, -0.2) is 13.2 Å². The van der Waals surface area contributed by atoms with Crippen molar-refractivity contribution in [2.45, 2.75) is 45.6 Å². The molecule has 7 nitrogen and oxygen atoms in total. The van der Waals surface area contributed by atoms with Crippen molar-refractivity contribution in [2.75, 3.05) is 17.5 Å². The molecule has 0 radical (unpaired) electrons. The van der Waals surface area contributed by atoms with Crippen LogP contribution in [0.3, 0.4) is 0 Å². The number of nitrogens with one attached hydrogen (secondary N) is 1. The largest absolute Gasteiger partial charge is 0.452 e. The summed E-state index contributed by atoms with van der Waals surface area (Å²) in [5.74, 6) is -0.919. The average molecular weight is 447 g/mol. The Bertz CT molecular complexity index is 1020. The fraction of sp³-hybridized carbons (Fsp3) is 0.391. The van der Waals surface area contributed by atoms with E-state index in [1.165, 1.54) is 16.4 Å². The number of para-hydroxylation sites is 1. The fourth-order valence-corrected chi connectivity index (χ4v) is 4.61. The van der Waals surface area contributed by atoms with Crippen LogP contribution in [0, 0.1) is 12.8 Å². The summed E-state index contributed by atoms with van der Waals surface area (Å²) in [7, 11) is -3.90. The van der Waals surface area contributed by atoms with Gasteiger partial charge in [0.1, 0.15) is 0 Å². The molecule has 0 aliphatic carbocycles. The summed E-state index contributed by atoms with van der Waals surface area (Å²) in [6, 6.07) is 13.1. The van der Waals surface area contributed by atoms with E-state index in [1.807, 2.05) is 26.8 Å². The monoisotopic (exact) mass is 446 g/mol. The molecule has 31 heavy (non-hydrogen) atoms. The highest BCUT2D eigenvalue weighted by molar-refractivity contribution is 7.92. The number of nitrogens with zero attached hydrogens (tertiary/aromatic N) is 1. The maximum absolute atomic E-state index is 13.3. The lowest BCUT2D eigenvalue weighted by molar-refractivity contribution is -0.125. The van der Waals surface area contributed by atoms with E-state index in [1.54, 1.807) is 44.2 Å². The smallest absolute Gasteiger partial charge is 0.338 e. The quantitative estimate of drug-likeness (QED) is 0.595. The number of rotatable bonds is 9. The Balaban J connectivity index is 2.23. The second-order valence-corrected chi connectivity index (χ2v) is 9.49. The summed E-state index contributed by atoms with van der Waals surface area (Å²) < 4.78 is 33.0. The van der Waals surface area contributed by atoms with Gasteiger partial charge in [-0.15, -0.1) is 0 Å². The molecule has 0 saturated heterocycles. The van der Waals surface area contributed by atoms with Gasteiger partial charge in [-0.3, -0.25) is 9.10 Å². The number of anilines is 1. The molecule has 1 N–H and O–H groups in total. The predicted octanol–water partition coefficient (Wildman–Crippen LogP) is 3.53. The third-order valence-electron chi connectivity index (χ3n) is 5.05. The number of hydrogen-bond acceptors (Lipinski definition) is 5. The standard InChI is InChI=1S/C23H30N2O5S/c1-6-25(20-10-8-7-9-11-20)31(28,29)21-14-19(13-12-17(21)4)23(27)30-15-22(26)24-18(5)16(2)3/h7-14,16,18H,6,15H2,1-5H3,(H,24,26)/t18-/m0/s1. The Hall–Kier alpha value is -2.87. The summed E-state index contributed by atoms with van der Waals surface area (Å²) >= 11 is 0. The SMILES string of the molecule is CCN(c1ccccc1)S(=O)(=O)c1cc(C(=O)OCC(=O)N[C@@H](C)C(C)C)ccc1C. The van der Waals surface area contributed by atoms with E-state index in [0.717, 1.165) is 0 Å². The molecular formula is C23H30N2O5S. The Kier molecular flexibility index (Phi) is 8.21. The minimum atomic E-state index is -3.90. The van der Waals surface area contributed by atoms with E-state index in [9.17, 15) is 18.0 Å². The maximum atomic E-state index is 13.3. The second-order valence-electron chi connectivity index (χ2n) is 7.66.